The summed E-state index contributed by atoms with van der Waals surface area (Å²) in [6, 6.07) is 0. The molecule has 0 spiro atoms. The van der Waals surface area contributed by atoms with Crippen molar-refractivity contribution in [2.75, 3.05) is 11.9 Å². The van der Waals surface area contributed by atoms with E-state index in [-0.39, 0.29) is 0 Å². The summed E-state index contributed by atoms with van der Waals surface area (Å²) in [6.07, 6.45) is -0.450. The molecule has 1 heterocycles. The lowest BCUT2D eigenvalue weighted by atomic mass is 10.6. The number of halogens is 3. The van der Waals surface area contributed by atoms with Gasteiger partial charge in [0.2, 0.25) is 0 Å². The van der Waals surface area contributed by atoms with Gasteiger partial charge in [-0.2, -0.15) is 0 Å². The number of ether oxygens (including phenoxy) is 1. The Morgan fingerprint density at radius 1 is 1.43 bits per heavy atom. The normalized spacial score (nSPS) is 10.0. The molecular formula is C7H6Br3NO2S. The Morgan fingerprint density at radius 3 is 2.50 bits per heavy atom. The first kappa shape index (κ1) is 12.5. The van der Waals surface area contributed by atoms with Crippen LogP contribution in [0.4, 0.5) is 9.80 Å². The number of carbonyl (C=O) groups excluding carboxylic acids is 1. The first-order valence-corrected chi connectivity index (χ1v) is 6.82. The van der Waals surface area contributed by atoms with Gasteiger partial charge < -0.3 is 4.74 Å². The van der Waals surface area contributed by atoms with E-state index in [4.69, 9.17) is 4.74 Å². The van der Waals surface area contributed by atoms with Crippen molar-refractivity contribution in [1.29, 1.82) is 0 Å². The zero-order chi connectivity index (χ0) is 10.7. The van der Waals surface area contributed by atoms with Crippen LogP contribution in [0.25, 0.3) is 0 Å². The van der Waals surface area contributed by atoms with Crippen molar-refractivity contribution in [2.45, 2.75) is 6.92 Å². The van der Waals surface area contributed by atoms with Gasteiger partial charge in [-0.3, -0.25) is 5.32 Å². The predicted octanol–water partition coefficient (Wildman–Crippen LogP) is 4.60. The molecular weight excluding hydrogens is 402 g/mol. The Hall–Kier alpha value is 0.410. The van der Waals surface area contributed by atoms with Crippen molar-refractivity contribution in [2.24, 2.45) is 0 Å². The van der Waals surface area contributed by atoms with Gasteiger partial charge in [0.05, 0.1) is 19.3 Å². The van der Waals surface area contributed by atoms with Gasteiger partial charge in [-0.25, -0.2) is 4.79 Å². The smallest absolute Gasteiger partial charge is 0.412 e. The van der Waals surface area contributed by atoms with Crippen LogP contribution in [0.2, 0.25) is 0 Å². The second-order valence-corrected chi connectivity index (χ2v) is 6.10. The topological polar surface area (TPSA) is 38.3 Å². The van der Waals surface area contributed by atoms with Crippen LogP contribution in [0.3, 0.4) is 0 Å². The molecule has 0 unspecified atom stereocenters. The zero-order valence-corrected chi connectivity index (χ0v) is 12.6. The van der Waals surface area contributed by atoms with E-state index >= 15 is 0 Å². The molecule has 1 aromatic rings. The maximum absolute atomic E-state index is 11.1. The lowest BCUT2D eigenvalue weighted by Gasteiger charge is -2.02. The van der Waals surface area contributed by atoms with Crippen LogP contribution < -0.4 is 5.32 Å². The minimum atomic E-state index is -0.450. The molecule has 3 nitrogen and oxygen atoms in total. The van der Waals surface area contributed by atoms with Crippen molar-refractivity contribution in [3.8, 4) is 0 Å². The van der Waals surface area contributed by atoms with Crippen LogP contribution in [0, 0.1) is 0 Å². The Morgan fingerprint density at radius 2 is 2.07 bits per heavy atom. The van der Waals surface area contributed by atoms with E-state index in [1.54, 1.807) is 6.92 Å². The number of hydrogen-bond acceptors (Lipinski definition) is 3. The second kappa shape index (κ2) is 5.48. The number of rotatable bonds is 2. The van der Waals surface area contributed by atoms with Crippen molar-refractivity contribution in [3.05, 3.63) is 12.7 Å². The summed E-state index contributed by atoms with van der Waals surface area (Å²) in [7, 11) is 0. The van der Waals surface area contributed by atoms with Crippen molar-refractivity contribution < 1.29 is 9.53 Å². The Bertz CT molecular complexity index is 353. The summed E-state index contributed by atoms with van der Waals surface area (Å²) >= 11 is 11.4. The average molecular weight is 408 g/mol. The van der Waals surface area contributed by atoms with Crippen LogP contribution in [0.5, 0.6) is 0 Å². The number of nitrogens with one attached hydrogen (secondary N) is 1. The molecule has 78 valence electrons. The molecule has 0 bridgehead atoms. The molecule has 0 fully saturated rings. The first-order chi connectivity index (χ1) is 6.56. The Balaban J connectivity index is 2.77. The van der Waals surface area contributed by atoms with Gasteiger partial charge in [0.15, 0.2) is 0 Å². The highest BCUT2D eigenvalue weighted by Gasteiger charge is 2.14. The molecule has 1 N–H and O–H groups in total. The lowest BCUT2D eigenvalue weighted by Crippen LogP contribution is -2.12. The molecule has 14 heavy (non-hydrogen) atoms. The van der Waals surface area contributed by atoms with Gasteiger partial charge in [0.1, 0.15) is 5.00 Å². The standard InChI is InChI=1S/C7H6Br3NO2S/c1-2-13-7(12)11-6-4(9)3(8)5(10)14-6/h2H2,1H3,(H,11,12). The molecule has 1 amide bonds. The van der Waals surface area contributed by atoms with Crippen molar-refractivity contribution in [1.82, 2.24) is 0 Å². The van der Waals surface area contributed by atoms with Crippen molar-refractivity contribution in [3.63, 3.8) is 0 Å². The SMILES string of the molecule is CCOC(=O)Nc1sc(Br)c(Br)c1Br. The van der Waals surface area contributed by atoms with E-state index in [1.165, 1.54) is 11.3 Å². The molecule has 7 heteroatoms. The van der Waals surface area contributed by atoms with Gasteiger partial charge >= 0.3 is 6.09 Å². The summed E-state index contributed by atoms with van der Waals surface area (Å²) in [5.41, 5.74) is 0. The second-order valence-electron chi connectivity index (χ2n) is 2.18. The quantitative estimate of drug-likeness (QED) is 0.777. The van der Waals surface area contributed by atoms with E-state index in [2.05, 4.69) is 53.1 Å². The third kappa shape index (κ3) is 2.95. The summed E-state index contributed by atoms with van der Waals surface area (Å²) in [4.78, 5) is 11.1. The maximum Gasteiger partial charge on any atom is 0.412 e. The third-order valence-corrected chi connectivity index (χ3v) is 6.20. The molecule has 0 aliphatic carbocycles. The number of thiophene rings is 1. The van der Waals surface area contributed by atoms with E-state index in [1.807, 2.05) is 0 Å². The molecule has 1 rings (SSSR count). The monoisotopic (exact) mass is 405 g/mol. The van der Waals surface area contributed by atoms with Crippen LogP contribution in [0.15, 0.2) is 12.7 Å². The van der Waals surface area contributed by atoms with Crippen LogP contribution in [0.1, 0.15) is 6.92 Å². The molecule has 0 saturated heterocycles. The molecule has 0 aliphatic heterocycles. The molecule has 0 radical (unpaired) electrons. The van der Waals surface area contributed by atoms with E-state index in [0.717, 1.165) is 12.7 Å². The van der Waals surface area contributed by atoms with Gasteiger partial charge in [-0.1, -0.05) is 0 Å². The molecule has 1 aromatic heterocycles. The fraction of sp³-hybridized carbons (Fsp3) is 0.286. The van der Waals surface area contributed by atoms with E-state index in [0.29, 0.717) is 11.6 Å². The highest BCUT2D eigenvalue weighted by molar-refractivity contribution is 9.14. The summed E-state index contributed by atoms with van der Waals surface area (Å²) in [5.74, 6) is 0. The Labute approximate surface area is 111 Å². The average Bonchev–Trinajstić information content (AvgIpc) is 2.34. The van der Waals surface area contributed by atoms with Crippen LogP contribution in [-0.4, -0.2) is 12.7 Å². The van der Waals surface area contributed by atoms with Gasteiger partial charge in [0.25, 0.3) is 0 Å². The van der Waals surface area contributed by atoms with E-state index < -0.39 is 6.09 Å². The molecule has 0 saturated carbocycles. The fourth-order valence-corrected chi connectivity index (χ4v) is 3.60. The minimum Gasteiger partial charge on any atom is -0.450 e. The van der Waals surface area contributed by atoms with Gasteiger partial charge in [-0.05, 0) is 54.7 Å². The highest BCUT2D eigenvalue weighted by atomic mass is 79.9. The fourth-order valence-electron chi connectivity index (χ4n) is 0.705. The summed E-state index contributed by atoms with van der Waals surface area (Å²) in [6.45, 7) is 2.12. The highest BCUT2D eigenvalue weighted by Crippen LogP contribution is 2.44. The van der Waals surface area contributed by atoms with Gasteiger partial charge in [-0.15, -0.1) is 11.3 Å². The largest absolute Gasteiger partial charge is 0.450 e. The minimum absolute atomic E-state index is 0.358. The van der Waals surface area contributed by atoms with Gasteiger partial charge in [0, 0.05) is 0 Å². The number of amides is 1. The molecule has 0 aromatic carbocycles. The lowest BCUT2D eigenvalue weighted by molar-refractivity contribution is 0.168. The van der Waals surface area contributed by atoms with Crippen LogP contribution >= 0.6 is 59.1 Å². The third-order valence-electron chi connectivity index (χ3n) is 1.25. The van der Waals surface area contributed by atoms with Crippen LogP contribution in [-0.2, 0) is 4.74 Å². The number of anilines is 1. The first-order valence-electron chi connectivity index (χ1n) is 3.63. The zero-order valence-electron chi connectivity index (χ0n) is 7.07. The number of carbonyl (C=O) groups is 1. The summed E-state index contributed by atoms with van der Waals surface area (Å²) < 4.78 is 7.36. The molecule has 0 aliphatic rings. The summed E-state index contributed by atoms with van der Waals surface area (Å²) in [5, 5.41) is 3.33. The van der Waals surface area contributed by atoms with Crippen molar-refractivity contribution >= 4 is 70.2 Å². The molecule has 0 atom stereocenters. The predicted molar refractivity (Wildman–Crippen MR) is 68.1 cm³/mol. The van der Waals surface area contributed by atoms with E-state index in [9.17, 15) is 4.79 Å². The maximum atomic E-state index is 11.1. The number of hydrogen-bond donors (Lipinski definition) is 1. The Kier molecular flexibility index (Phi) is 4.89.